The van der Waals surface area contributed by atoms with Crippen LogP contribution in [0.1, 0.15) is 6.42 Å². The van der Waals surface area contributed by atoms with Crippen LogP contribution in [0, 0.1) is 0 Å². The first-order chi connectivity index (χ1) is 5.16. The molecule has 1 fully saturated rings. The molecular weight excluding hydrogens is 146 g/mol. The van der Waals surface area contributed by atoms with E-state index in [4.69, 9.17) is 5.11 Å². The summed E-state index contributed by atoms with van der Waals surface area (Å²) in [7, 11) is 1.83. The van der Waals surface area contributed by atoms with Crippen LogP contribution in [0.15, 0.2) is 0 Å². The van der Waals surface area contributed by atoms with Crippen LogP contribution in [0.25, 0.3) is 0 Å². The highest BCUT2D eigenvalue weighted by atomic mass is 16.3. The first kappa shape index (κ1) is 8.93. The molecule has 1 rings (SSSR count). The van der Waals surface area contributed by atoms with E-state index in [9.17, 15) is 10.2 Å². The minimum Gasteiger partial charge on any atom is -0.395 e. The second kappa shape index (κ2) is 3.49. The van der Waals surface area contributed by atoms with Gasteiger partial charge in [0.2, 0.25) is 0 Å². The number of hydrogen-bond acceptors (Lipinski definition) is 4. The van der Waals surface area contributed by atoms with Crippen molar-refractivity contribution in [1.29, 1.82) is 0 Å². The molecule has 11 heavy (non-hydrogen) atoms. The average Bonchev–Trinajstić information content (AvgIpc) is 1.99. The molecule has 4 nitrogen and oxygen atoms in total. The number of likely N-dealkylation sites (N-methyl/N-ethyl adjacent to an activating group) is 1. The fraction of sp³-hybridized carbons (Fsp3) is 1.00. The zero-order valence-corrected chi connectivity index (χ0v) is 6.64. The van der Waals surface area contributed by atoms with E-state index in [2.05, 4.69) is 0 Å². The predicted octanol–water partition coefficient (Wildman–Crippen LogP) is -1.60. The van der Waals surface area contributed by atoms with Crippen molar-refractivity contribution >= 4 is 0 Å². The van der Waals surface area contributed by atoms with E-state index >= 15 is 0 Å². The highest BCUT2D eigenvalue weighted by molar-refractivity contribution is 4.87. The molecule has 1 aliphatic heterocycles. The molecule has 0 aromatic carbocycles. The standard InChI is InChI=1S/C7H15NO3/c1-8-3-2-6(10)7(11)5(8)4-9/h5-7,9-11H,2-4H2,1H3/t5-,6-,7-/m0/s1. The average molecular weight is 161 g/mol. The van der Waals surface area contributed by atoms with Gasteiger partial charge in [0.15, 0.2) is 0 Å². The Hall–Kier alpha value is -0.160. The van der Waals surface area contributed by atoms with Crippen molar-refractivity contribution in [2.75, 3.05) is 20.2 Å². The fourth-order valence-corrected chi connectivity index (χ4v) is 1.44. The molecule has 66 valence electrons. The van der Waals surface area contributed by atoms with Gasteiger partial charge in [-0.05, 0) is 13.5 Å². The summed E-state index contributed by atoms with van der Waals surface area (Å²) in [5.41, 5.74) is 0. The molecule has 0 spiro atoms. The van der Waals surface area contributed by atoms with Gasteiger partial charge in [-0.25, -0.2) is 0 Å². The lowest BCUT2D eigenvalue weighted by Gasteiger charge is -2.38. The number of hydrogen-bond donors (Lipinski definition) is 3. The van der Waals surface area contributed by atoms with Crippen molar-refractivity contribution in [3.05, 3.63) is 0 Å². The number of piperidine rings is 1. The van der Waals surface area contributed by atoms with Gasteiger partial charge in [-0.2, -0.15) is 0 Å². The molecule has 0 saturated carbocycles. The molecule has 0 amide bonds. The Kier molecular flexibility index (Phi) is 2.84. The normalized spacial score (nSPS) is 40.9. The molecule has 0 aromatic heterocycles. The third kappa shape index (κ3) is 1.70. The number of rotatable bonds is 1. The predicted molar refractivity (Wildman–Crippen MR) is 40.1 cm³/mol. The molecule has 0 bridgehead atoms. The Morgan fingerprint density at radius 1 is 1.45 bits per heavy atom. The Labute approximate surface area is 66.1 Å². The van der Waals surface area contributed by atoms with Gasteiger partial charge in [-0.1, -0.05) is 0 Å². The Morgan fingerprint density at radius 2 is 2.09 bits per heavy atom. The van der Waals surface area contributed by atoms with Crippen LogP contribution in [0.5, 0.6) is 0 Å². The molecule has 0 radical (unpaired) electrons. The monoisotopic (exact) mass is 161 g/mol. The maximum Gasteiger partial charge on any atom is 0.0976 e. The largest absolute Gasteiger partial charge is 0.395 e. The van der Waals surface area contributed by atoms with E-state index < -0.39 is 12.2 Å². The highest BCUT2D eigenvalue weighted by Gasteiger charge is 2.33. The zero-order chi connectivity index (χ0) is 8.43. The molecule has 1 heterocycles. The maximum atomic E-state index is 9.36. The van der Waals surface area contributed by atoms with Crippen molar-refractivity contribution < 1.29 is 15.3 Å². The SMILES string of the molecule is CN1CC[C@H](O)[C@@H](O)[C@@H]1CO. The molecule has 1 aliphatic rings. The third-order valence-corrected chi connectivity index (χ3v) is 2.32. The summed E-state index contributed by atoms with van der Waals surface area (Å²) in [5, 5.41) is 27.4. The van der Waals surface area contributed by atoms with E-state index in [0.29, 0.717) is 6.42 Å². The van der Waals surface area contributed by atoms with Crippen molar-refractivity contribution in [3.63, 3.8) is 0 Å². The highest BCUT2D eigenvalue weighted by Crippen LogP contribution is 2.15. The second-order valence-electron chi connectivity index (χ2n) is 3.08. The summed E-state index contributed by atoms with van der Waals surface area (Å²) in [4.78, 5) is 1.86. The topological polar surface area (TPSA) is 63.9 Å². The van der Waals surface area contributed by atoms with Crippen molar-refractivity contribution in [2.24, 2.45) is 0 Å². The number of aliphatic hydroxyl groups excluding tert-OH is 3. The quantitative estimate of drug-likeness (QED) is 0.433. The first-order valence-electron chi connectivity index (χ1n) is 3.84. The molecule has 1 saturated heterocycles. The minimum atomic E-state index is -0.807. The van der Waals surface area contributed by atoms with Crippen LogP contribution in [0.4, 0.5) is 0 Å². The van der Waals surface area contributed by atoms with Crippen LogP contribution in [0.2, 0.25) is 0 Å². The lowest BCUT2D eigenvalue weighted by Crippen LogP contribution is -2.54. The summed E-state index contributed by atoms with van der Waals surface area (Å²) < 4.78 is 0. The smallest absolute Gasteiger partial charge is 0.0976 e. The Bertz CT molecular complexity index is 131. The number of likely N-dealkylation sites (tertiary alicyclic amines) is 1. The number of nitrogens with zero attached hydrogens (tertiary/aromatic N) is 1. The summed E-state index contributed by atoms with van der Waals surface area (Å²) in [6, 6.07) is -0.307. The third-order valence-electron chi connectivity index (χ3n) is 2.32. The maximum absolute atomic E-state index is 9.36. The van der Waals surface area contributed by atoms with E-state index in [-0.39, 0.29) is 12.6 Å². The summed E-state index contributed by atoms with van der Waals surface area (Å²) in [6.45, 7) is 0.623. The zero-order valence-electron chi connectivity index (χ0n) is 6.64. The Balaban J connectivity index is 2.55. The van der Waals surface area contributed by atoms with Gasteiger partial charge in [0.25, 0.3) is 0 Å². The second-order valence-corrected chi connectivity index (χ2v) is 3.08. The first-order valence-corrected chi connectivity index (χ1v) is 3.84. The van der Waals surface area contributed by atoms with E-state index in [1.165, 1.54) is 0 Å². The van der Waals surface area contributed by atoms with Gasteiger partial charge >= 0.3 is 0 Å². The summed E-state index contributed by atoms with van der Waals surface area (Å²) in [6.07, 6.45) is -0.907. The molecule has 4 heteroatoms. The van der Waals surface area contributed by atoms with Crippen LogP contribution in [-0.4, -0.2) is 58.7 Å². The van der Waals surface area contributed by atoms with Crippen LogP contribution >= 0.6 is 0 Å². The molecule has 3 atom stereocenters. The number of aliphatic hydroxyl groups is 3. The molecule has 0 unspecified atom stereocenters. The minimum absolute atomic E-state index is 0.102. The van der Waals surface area contributed by atoms with Crippen LogP contribution in [0.3, 0.4) is 0 Å². The molecular formula is C7H15NO3. The molecule has 0 aromatic rings. The van der Waals surface area contributed by atoms with Crippen molar-refractivity contribution in [1.82, 2.24) is 4.90 Å². The fourth-order valence-electron chi connectivity index (χ4n) is 1.44. The summed E-state index contributed by atoms with van der Waals surface area (Å²) >= 11 is 0. The lowest BCUT2D eigenvalue weighted by atomic mass is 9.97. The van der Waals surface area contributed by atoms with E-state index in [0.717, 1.165) is 6.54 Å². The molecule has 3 N–H and O–H groups in total. The van der Waals surface area contributed by atoms with E-state index in [1.54, 1.807) is 0 Å². The molecule has 0 aliphatic carbocycles. The van der Waals surface area contributed by atoms with Crippen molar-refractivity contribution in [2.45, 2.75) is 24.7 Å². The summed E-state index contributed by atoms with van der Waals surface area (Å²) in [5.74, 6) is 0. The Morgan fingerprint density at radius 3 is 2.55 bits per heavy atom. The van der Waals surface area contributed by atoms with Crippen molar-refractivity contribution in [3.8, 4) is 0 Å². The van der Waals surface area contributed by atoms with Gasteiger partial charge < -0.3 is 15.3 Å². The van der Waals surface area contributed by atoms with Gasteiger partial charge in [0.05, 0.1) is 24.9 Å². The van der Waals surface area contributed by atoms with Gasteiger partial charge in [-0.15, -0.1) is 0 Å². The lowest BCUT2D eigenvalue weighted by molar-refractivity contribution is -0.0818. The van der Waals surface area contributed by atoms with Crippen LogP contribution < -0.4 is 0 Å². The van der Waals surface area contributed by atoms with Gasteiger partial charge in [0, 0.05) is 6.54 Å². The van der Waals surface area contributed by atoms with Gasteiger partial charge in [-0.3, -0.25) is 4.90 Å². The van der Waals surface area contributed by atoms with Crippen LogP contribution in [-0.2, 0) is 0 Å². The van der Waals surface area contributed by atoms with E-state index in [1.807, 2.05) is 11.9 Å². The van der Waals surface area contributed by atoms with Gasteiger partial charge in [0.1, 0.15) is 0 Å².